The Bertz CT molecular complexity index is 514. The predicted octanol–water partition coefficient (Wildman–Crippen LogP) is 1.89. The number of ether oxygens (including phenoxy) is 1. The molecule has 0 amide bonds. The van der Waals surface area contributed by atoms with Crippen molar-refractivity contribution in [3.63, 3.8) is 0 Å². The molecular weight excluding hydrogens is 214 g/mol. The fourth-order valence-electron chi connectivity index (χ4n) is 2.41. The first-order chi connectivity index (χ1) is 8.31. The van der Waals surface area contributed by atoms with Gasteiger partial charge in [0.1, 0.15) is 5.65 Å². The summed E-state index contributed by atoms with van der Waals surface area (Å²) < 4.78 is 7.37. The van der Waals surface area contributed by atoms with Crippen molar-refractivity contribution >= 4 is 11.3 Å². The zero-order valence-electron chi connectivity index (χ0n) is 9.80. The van der Waals surface area contributed by atoms with Crippen LogP contribution in [0.4, 0.5) is 5.69 Å². The molecule has 0 unspecified atom stereocenters. The zero-order valence-corrected chi connectivity index (χ0v) is 9.80. The molecule has 4 nitrogen and oxygen atoms in total. The first-order valence-corrected chi connectivity index (χ1v) is 6.12. The van der Waals surface area contributed by atoms with Crippen molar-refractivity contribution in [3.8, 4) is 0 Å². The van der Waals surface area contributed by atoms with Crippen LogP contribution in [0.3, 0.4) is 0 Å². The minimum atomic E-state index is 0.714. The average molecular weight is 231 g/mol. The smallest absolute Gasteiger partial charge is 0.137 e. The van der Waals surface area contributed by atoms with E-state index in [0.717, 1.165) is 49.5 Å². The molecule has 0 radical (unpaired) electrons. The van der Waals surface area contributed by atoms with Gasteiger partial charge < -0.3 is 14.9 Å². The van der Waals surface area contributed by atoms with Crippen molar-refractivity contribution in [2.24, 2.45) is 5.92 Å². The molecule has 0 bridgehead atoms. The van der Waals surface area contributed by atoms with Crippen LogP contribution in [0, 0.1) is 5.92 Å². The second-order valence-corrected chi connectivity index (χ2v) is 4.72. The van der Waals surface area contributed by atoms with Gasteiger partial charge >= 0.3 is 0 Å². The average Bonchev–Trinajstić information content (AvgIpc) is 2.71. The van der Waals surface area contributed by atoms with Gasteiger partial charge in [0.2, 0.25) is 0 Å². The zero-order chi connectivity index (χ0) is 11.7. The molecule has 90 valence electrons. The Morgan fingerprint density at radius 3 is 2.94 bits per heavy atom. The van der Waals surface area contributed by atoms with Crippen molar-refractivity contribution in [1.82, 2.24) is 9.38 Å². The number of nitrogens with two attached hydrogens (primary N) is 1. The molecule has 3 rings (SSSR count). The SMILES string of the molecule is Nc1ccc2nc(CC3CCOCC3)cn2c1. The van der Waals surface area contributed by atoms with Crippen molar-refractivity contribution < 1.29 is 4.74 Å². The van der Waals surface area contributed by atoms with E-state index in [1.165, 1.54) is 0 Å². The molecule has 2 aromatic rings. The van der Waals surface area contributed by atoms with Crippen LogP contribution < -0.4 is 5.73 Å². The number of nitrogen functional groups attached to an aromatic ring is 1. The molecule has 0 aliphatic carbocycles. The number of rotatable bonds is 2. The van der Waals surface area contributed by atoms with Gasteiger partial charge in [-0.25, -0.2) is 4.98 Å². The molecule has 1 fully saturated rings. The van der Waals surface area contributed by atoms with Crippen LogP contribution >= 0.6 is 0 Å². The second kappa shape index (κ2) is 4.37. The molecule has 0 saturated carbocycles. The van der Waals surface area contributed by atoms with Crippen LogP contribution in [-0.4, -0.2) is 22.6 Å². The molecular formula is C13H17N3O. The number of pyridine rings is 1. The van der Waals surface area contributed by atoms with E-state index in [9.17, 15) is 0 Å². The molecule has 0 atom stereocenters. The van der Waals surface area contributed by atoms with E-state index in [-0.39, 0.29) is 0 Å². The highest BCUT2D eigenvalue weighted by Gasteiger charge is 2.15. The number of hydrogen-bond donors (Lipinski definition) is 1. The predicted molar refractivity (Wildman–Crippen MR) is 66.9 cm³/mol. The Hall–Kier alpha value is -1.55. The van der Waals surface area contributed by atoms with E-state index in [1.54, 1.807) is 0 Å². The van der Waals surface area contributed by atoms with Crippen molar-refractivity contribution in [3.05, 3.63) is 30.2 Å². The van der Waals surface area contributed by atoms with Crippen LogP contribution in [0.1, 0.15) is 18.5 Å². The highest BCUT2D eigenvalue weighted by atomic mass is 16.5. The molecule has 3 heterocycles. The Morgan fingerprint density at radius 2 is 2.12 bits per heavy atom. The van der Waals surface area contributed by atoms with Crippen LogP contribution in [0.2, 0.25) is 0 Å². The molecule has 4 heteroatoms. The van der Waals surface area contributed by atoms with E-state index in [4.69, 9.17) is 10.5 Å². The van der Waals surface area contributed by atoms with Gasteiger partial charge in [-0.2, -0.15) is 0 Å². The Morgan fingerprint density at radius 1 is 1.29 bits per heavy atom. The second-order valence-electron chi connectivity index (χ2n) is 4.72. The van der Waals surface area contributed by atoms with Gasteiger partial charge in [0.05, 0.1) is 5.69 Å². The van der Waals surface area contributed by atoms with Gasteiger partial charge in [-0.3, -0.25) is 0 Å². The lowest BCUT2D eigenvalue weighted by molar-refractivity contribution is 0.0663. The van der Waals surface area contributed by atoms with Crippen molar-refractivity contribution in [1.29, 1.82) is 0 Å². The standard InChI is InChI=1S/C13H17N3O/c14-11-1-2-13-15-12(9-16(13)8-11)7-10-3-5-17-6-4-10/h1-2,8-10H,3-7,14H2. The minimum absolute atomic E-state index is 0.714. The van der Waals surface area contributed by atoms with Gasteiger partial charge in [0.15, 0.2) is 0 Å². The van der Waals surface area contributed by atoms with Gasteiger partial charge in [-0.1, -0.05) is 0 Å². The molecule has 0 spiro atoms. The third kappa shape index (κ3) is 2.26. The third-order valence-electron chi connectivity index (χ3n) is 3.36. The minimum Gasteiger partial charge on any atom is -0.398 e. The van der Waals surface area contributed by atoms with Crippen LogP contribution in [0.15, 0.2) is 24.5 Å². The topological polar surface area (TPSA) is 52.5 Å². The summed E-state index contributed by atoms with van der Waals surface area (Å²) in [5, 5.41) is 0. The summed E-state index contributed by atoms with van der Waals surface area (Å²) >= 11 is 0. The highest BCUT2D eigenvalue weighted by Crippen LogP contribution is 2.20. The monoisotopic (exact) mass is 231 g/mol. The third-order valence-corrected chi connectivity index (χ3v) is 3.36. The maximum Gasteiger partial charge on any atom is 0.137 e. The first-order valence-electron chi connectivity index (χ1n) is 6.12. The van der Waals surface area contributed by atoms with Gasteiger partial charge in [0.25, 0.3) is 0 Å². The van der Waals surface area contributed by atoms with E-state index in [1.807, 2.05) is 22.7 Å². The number of nitrogens with zero attached hydrogens (tertiary/aromatic N) is 2. The molecule has 2 N–H and O–H groups in total. The molecule has 2 aromatic heterocycles. The Balaban J connectivity index is 1.80. The summed E-state index contributed by atoms with van der Waals surface area (Å²) in [5.41, 5.74) is 8.65. The summed E-state index contributed by atoms with van der Waals surface area (Å²) in [4.78, 5) is 4.61. The maximum absolute atomic E-state index is 5.75. The van der Waals surface area contributed by atoms with E-state index < -0.39 is 0 Å². The van der Waals surface area contributed by atoms with E-state index in [2.05, 4.69) is 11.2 Å². The number of anilines is 1. The Kier molecular flexibility index (Phi) is 2.73. The molecule has 17 heavy (non-hydrogen) atoms. The summed E-state index contributed by atoms with van der Waals surface area (Å²) in [7, 11) is 0. The lowest BCUT2D eigenvalue weighted by Crippen LogP contribution is -2.17. The van der Waals surface area contributed by atoms with E-state index in [0.29, 0.717) is 5.92 Å². The largest absolute Gasteiger partial charge is 0.398 e. The fraction of sp³-hybridized carbons (Fsp3) is 0.462. The number of aromatic nitrogens is 2. The van der Waals surface area contributed by atoms with E-state index >= 15 is 0 Å². The van der Waals surface area contributed by atoms with Crippen LogP contribution in [0.5, 0.6) is 0 Å². The number of hydrogen-bond acceptors (Lipinski definition) is 3. The Labute approximate surface area is 100 Å². The molecule has 0 aromatic carbocycles. The number of fused-ring (bicyclic) bond motifs is 1. The van der Waals surface area contributed by atoms with Gasteiger partial charge in [0, 0.05) is 31.3 Å². The normalized spacial score (nSPS) is 17.6. The highest BCUT2D eigenvalue weighted by molar-refractivity contribution is 5.48. The molecule has 1 saturated heterocycles. The number of imidazole rings is 1. The quantitative estimate of drug-likeness (QED) is 0.858. The lowest BCUT2D eigenvalue weighted by atomic mass is 9.95. The summed E-state index contributed by atoms with van der Waals surface area (Å²) in [6, 6.07) is 3.85. The van der Waals surface area contributed by atoms with Crippen LogP contribution in [0.25, 0.3) is 5.65 Å². The maximum atomic E-state index is 5.75. The van der Waals surface area contributed by atoms with Crippen molar-refractivity contribution in [2.75, 3.05) is 18.9 Å². The summed E-state index contributed by atoms with van der Waals surface area (Å²) in [6.07, 6.45) is 7.34. The van der Waals surface area contributed by atoms with Gasteiger partial charge in [-0.15, -0.1) is 0 Å². The summed E-state index contributed by atoms with van der Waals surface area (Å²) in [5.74, 6) is 0.714. The molecule has 1 aliphatic heterocycles. The first kappa shape index (κ1) is 10.6. The lowest BCUT2D eigenvalue weighted by Gasteiger charge is -2.20. The van der Waals surface area contributed by atoms with Gasteiger partial charge in [-0.05, 0) is 37.3 Å². The fourth-order valence-corrected chi connectivity index (χ4v) is 2.41. The molecule has 1 aliphatic rings. The van der Waals surface area contributed by atoms with Crippen molar-refractivity contribution in [2.45, 2.75) is 19.3 Å². The summed E-state index contributed by atoms with van der Waals surface area (Å²) in [6.45, 7) is 1.79. The van der Waals surface area contributed by atoms with Crippen LogP contribution in [-0.2, 0) is 11.2 Å².